The summed E-state index contributed by atoms with van der Waals surface area (Å²) in [6, 6.07) is 53.3. The van der Waals surface area contributed by atoms with Crippen molar-refractivity contribution in [1.29, 1.82) is 0 Å². The van der Waals surface area contributed by atoms with Gasteiger partial charge in [0.05, 0.1) is 0 Å². The van der Waals surface area contributed by atoms with Crippen molar-refractivity contribution in [2.45, 2.75) is 57.3 Å². The second kappa shape index (κ2) is 12.7. The van der Waals surface area contributed by atoms with E-state index in [9.17, 15) is 0 Å². The minimum Gasteiger partial charge on any atom is -0.0985 e. The Morgan fingerprint density at radius 3 is 1.85 bits per heavy atom. The van der Waals surface area contributed by atoms with E-state index in [0.29, 0.717) is 0 Å². The zero-order chi connectivity index (χ0) is 36.3. The Balaban J connectivity index is 1.20. The van der Waals surface area contributed by atoms with Crippen molar-refractivity contribution in [3.8, 4) is 22.3 Å². The number of hydrogen-bond donors (Lipinski definition) is 0. The molecule has 53 heavy (non-hydrogen) atoms. The molecule has 0 N–H and O–H groups in total. The molecule has 8 aromatic carbocycles. The van der Waals surface area contributed by atoms with Crippen molar-refractivity contribution >= 4 is 44.5 Å². The molecule has 258 valence electrons. The molecule has 0 aliphatic heterocycles. The van der Waals surface area contributed by atoms with E-state index in [1.807, 2.05) is 12.2 Å². The van der Waals surface area contributed by atoms with Crippen molar-refractivity contribution in [1.82, 2.24) is 0 Å². The van der Waals surface area contributed by atoms with E-state index in [0.717, 1.165) is 31.2 Å². The van der Waals surface area contributed by atoms with Crippen LogP contribution in [0.3, 0.4) is 0 Å². The molecule has 0 bridgehead atoms. The topological polar surface area (TPSA) is 0 Å². The first-order chi connectivity index (χ1) is 25.8. The number of benzene rings is 8. The van der Waals surface area contributed by atoms with Crippen LogP contribution in [0.4, 0.5) is 0 Å². The van der Waals surface area contributed by atoms with E-state index in [4.69, 9.17) is 0 Å². The predicted octanol–water partition coefficient (Wildman–Crippen LogP) is 14.4. The van der Waals surface area contributed by atoms with Gasteiger partial charge in [0.1, 0.15) is 0 Å². The molecule has 0 aromatic heterocycles. The van der Waals surface area contributed by atoms with Crippen LogP contribution in [-0.2, 0) is 23.7 Å². The molecular weight excluding hydrogens is 637 g/mol. The standard InChI is InChI=1S/C53H46/c1-6-35-14-18-37(19-15-35)11-10-30-53(34-38-20-16-36(7-2)17-21-38)48-13-9-8-12-45(48)46-28-25-40(33-49(46)53)44-27-24-39-22-23-41-31-43(52(3,4)5)32-42-26-29-47(44)51(39)50(41)42/h6-9,12-29,31-33H,1-2,10-11,30,34H2,3-5H3. The van der Waals surface area contributed by atoms with Gasteiger partial charge in [-0.2, -0.15) is 0 Å². The zero-order valence-electron chi connectivity index (χ0n) is 31.2. The van der Waals surface area contributed by atoms with Crippen molar-refractivity contribution < 1.29 is 0 Å². The SMILES string of the molecule is C=Cc1ccc(CCCC2(Cc3ccc(C=C)cc3)c3ccccc3-c3ccc(-c4ccc5ccc6cc(C(C)(C)C)cc7ccc4c5c67)cc32)cc1. The molecule has 0 heteroatoms. The van der Waals surface area contributed by atoms with Gasteiger partial charge in [-0.15, -0.1) is 0 Å². The molecule has 1 aliphatic rings. The first kappa shape index (κ1) is 33.1. The Morgan fingerprint density at radius 2 is 1.15 bits per heavy atom. The van der Waals surface area contributed by atoms with Gasteiger partial charge in [0.15, 0.2) is 0 Å². The van der Waals surface area contributed by atoms with E-state index < -0.39 is 0 Å². The van der Waals surface area contributed by atoms with Gasteiger partial charge in [-0.05, 0) is 131 Å². The molecule has 1 atom stereocenters. The Labute approximate surface area is 314 Å². The fraction of sp³-hybridized carbons (Fsp3) is 0.170. The average Bonchev–Trinajstić information content (AvgIpc) is 3.45. The summed E-state index contributed by atoms with van der Waals surface area (Å²) in [7, 11) is 0. The average molecular weight is 683 g/mol. The van der Waals surface area contributed by atoms with Crippen LogP contribution in [0.25, 0.3) is 66.7 Å². The molecule has 9 rings (SSSR count). The second-order valence-electron chi connectivity index (χ2n) is 16.2. The van der Waals surface area contributed by atoms with Gasteiger partial charge in [-0.1, -0.05) is 180 Å². The lowest BCUT2D eigenvalue weighted by Gasteiger charge is -2.33. The molecule has 0 saturated heterocycles. The number of fused-ring (bicyclic) bond motifs is 3. The van der Waals surface area contributed by atoms with Crippen LogP contribution >= 0.6 is 0 Å². The highest BCUT2D eigenvalue weighted by Crippen LogP contribution is 2.54. The third kappa shape index (κ3) is 5.60. The van der Waals surface area contributed by atoms with Gasteiger partial charge < -0.3 is 0 Å². The van der Waals surface area contributed by atoms with Crippen LogP contribution in [0.5, 0.6) is 0 Å². The summed E-state index contributed by atoms with van der Waals surface area (Å²) in [6.45, 7) is 14.9. The van der Waals surface area contributed by atoms with Crippen LogP contribution in [0, 0.1) is 0 Å². The highest BCUT2D eigenvalue weighted by atomic mass is 14.5. The Bertz CT molecular complexity index is 2640. The van der Waals surface area contributed by atoms with Crippen LogP contribution in [0.15, 0.2) is 153 Å². The van der Waals surface area contributed by atoms with E-state index in [2.05, 4.69) is 173 Å². The third-order valence-electron chi connectivity index (χ3n) is 12.0. The lowest BCUT2D eigenvalue weighted by Crippen LogP contribution is -2.28. The Morgan fingerprint density at radius 1 is 0.547 bits per heavy atom. The van der Waals surface area contributed by atoms with Gasteiger partial charge >= 0.3 is 0 Å². The molecular formula is C53H46. The monoisotopic (exact) mass is 682 g/mol. The van der Waals surface area contributed by atoms with Crippen LogP contribution < -0.4 is 0 Å². The van der Waals surface area contributed by atoms with Gasteiger partial charge in [-0.25, -0.2) is 0 Å². The molecule has 0 nitrogen and oxygen atoms in total. The van der Waals surface area contributed by atoms with Crippen LogP contribution in [0.2, 0.25) is 0 Å². The Kier molecular flexibility index (Phi) is 7.97. The van der Waals surface area contributed by atoms with Gasteiger partial charge in [0, 0.05) is 5.41 Å². The lowest BCUT2D eigenvalue weighted by atomic mass is 9.69. The highest BCUT2D eigenvalue weighted by molar-refractivity contribution is 6.25. The molecule has 8 aromatic rings. The Hall–Kier alpha value is -5.72. The molecule has 0 radical (unpaired) electrons. The molecule has 0 amide bonds. The van der Waals surface area contributed by atoms with E-state index >= 15 is 0 Å². The summed E-state index contributed by atoms with van der Waals surface area (Å²) < 4.78 is 0. The summed E-state index contributed by atoms with van der Waals surface area (Å²) in [4.78, 5) is 0. The van der Waals surface area contributed by atoms with Crippen LogP contribution in [-0.4, -0.2) is 0 Å². The first-order valence-corrected chi connectivity index (χ1v) is 19.2. The van der Waals surface area contributed by atoms with Crippen molar-refractivity contribution in [2.24, 2.45) is 0 Å². The maximum Gasteiger partial charge on any atom is 0.0255 e. The normalized spacial score (nSPS) is 15.2. The van der Waals surface area contributed by atoms with E-state index in [1.165, 1.54) is 88.0 Å². The number of hydrogen-bond acceptors (Lipinski definition) is 0. The molecule has 0 fully saturated rings. The van der Waals surface area contributed by atoms with Gasteiger partial charge in [-0.3, -0.25) is 0 Å². The fourth-order valence-electron chi connectivity index (χ4n) is 9.21. The second-order valence-corrected chi connectivity index (χ2v) is 16.2. The largest absolute Gasteiger partial charge is 0.0985 e. The van der Waals surface area contributed by atoms with E-state index in [-0.39, 0.29) is 10.8 Å². The summed E-state index contributed by atoms with van der Waals surface area (Å²) >= 11 is 0. The number of aryl methyl sites for hydroxylation is 1. The molecule has 1 aliphatic carbocycles. The zero-order valence-corrected chi connectivity index (χ0v) is 31.2. The summed E-state index contributed by atoms with van der Waals surface area (Å²) in [5, 5.41) is 8.03. The maximum absolute atomic E-state index is 4.01. The lowest BCUT2D eigenvalue weighted by molar-refractivity contribution is 0.462. The quantitative estimate of drug-likeness (QED) is 0.133. The van der Waals surface area contributed by atoms with Crippen molar-refractivity contribution in [3.63, 3.8) is 0 Å². The summed E-state index contributed by atoms with van der Waals surface area (Å²) in [5.41, 5.74) is 14.6. The molecule has 0 saturated carbocycles. The maximum atomic E-state index is 4.01. The predicted molar refractivity (Wildman–Crippen MR) is 230 cm³/mol. The minimum absolute atomic E-state index is 0.0912. The minimum atomic E-state index is -0.161. The highest BCUT2D eigenvalue weighted by Gasteiger charge is 2.43. The third-order valence-corrected chi connectivity index (χ3v) is 12.0. The van der Waals surface area contributed by atoms with Gasteiger partial charge in [0.2, 0.25) is 0 Å². The summed E-state index contributed by atoms with van der Waals surface area (Å²) in [5.74, 6) is 0. The molecule has 0 heterocycles. The van der Waals surface area contributed by atoms with E-state index in [1.54, 1.807) is 0 Å². The fourth-order valence-corrected chi connectivity index (χ4v) is 9.21. The number of rotatable bonds is 9. The smallest absolute Gasteiger partial charge is 0.0255 e. The first-order valence-electron chi connectivity index (χ1n) is 19.2. The van der Waals surface area contributed by atoms with Gasteiger partial charge in [0.25, 0.3) is 0 Å². The summed E-state index contributed by atoms with van der Waals surface area (Å²) in [6.07, 6.45) is 7.99. The van der Waals surface area contributed by atoms with Crippen molar-refractivity contribution in [2.75, 3.05) is 0 Å². The molecule has 0 spiro atoms. The van der Waals surface area contributed by atoms with Crippen molar-refractivity contribution in [3.05, 3.63) is 192 Å². The molecule has 1 unspecified atom stereocenters. The van der Waals surface area contributed by atoms with Crippen LogP contribution in [0.1, 0.15) is 72.6 Å².